The number of carbonyl (C=O) groups is 2. The van der Waals surface area contributed by atoms with Crippen molar-refractivity contribution < 1.29 is 14.3 Å². The summed E-state index contributed by atoms with van der Waals surface area (Å²) in [6.45, 7) is 7.42. The Morgan fingerprint density at radius 1 is 0.966 bits per heavy atom. The van der Waals surface area contributed by atoms with Gasteiger partial charge in [0.15, 0.2) is 6.61 Å². The zero-order chi connectivity index (χ0) is 20.6. The maximum Gasteiger partial charge on any atom is 0.338 e. The average molecular weight is 392 g/mol. The summed E-state index contributed by atoms with van der Waals surface area (Å²) in [5.74, 6) is -0.530. The molecule has 152 valence electrons. The van der Waals surface area contributed by atoms with Crippen molar-refractivity contribution in [3.8, 4) is 11.1 Å². The van der Waals surface area contributed by atoms with Crippen LogP contribution < -0.4 is 0 Å². The lowest BCUT2D eigenvalue weighted by molar-refractivity contribution is -0.135. The molecule has 4 rings (SSSR count). The van der Waals surface area contributed by atoms with Gasteiger partial charge < -0.3 is 9.64 Å². The summed E-state index contributed by atoms with van der Waals surface area (Å²) in [7, 11) is 0. The molecule has 2 bridgehead atoms. The number of ether oxygens (including phenoxy) is 1. The van der Waals surface area contributed by atoms with Crippen molar-refractivity contribution in [1.29, 1.82) is 0 Å². The highest BCUT2D eigenvalue weighted by Gasteiger charge is 2.50. The first-order chi connectivity index (χ1) is 13.7. The van der Waals surface area contributed by atoms with Crippen LogP contribution in [0, 0.1) is 10.8 Å². The zero-order valence-corrected chi connectivity index (χ0v) is 17.5. The van der Waals surface area contributed by atoms with Crippen LogP contribution in [0.1, 0.15) is 50.4 Å². The first kappa shape index (κ1) is 19.7. The van der Waals surface area contributed by atoms with E-state index < -0.39 is 5.97 Å². The third-order valence-electron chi connectivity index (χ3n) is 6.29. The van der Waals surface area contributed by atoms with Gasteiger partial charge in [0.2, 0.25) is 0 Å². The average Bonchev–Trinajstić information content (AvgIpc) is 2.95. The lowest BCUT2D eigenvalue weighted by Gasteiger charge is -2.39. The highest BCUT2D eigenvalue weighted by atomic mass is 16.5. The van der Waals surface area contributed by atoms with Crippen molar-refractivity contribution >= 4 is 11.9 Å². The van der Waals surface area contributed by atoms with Crippen molar-refractivity contribution in [2.45, 2.75) is 46.1 Å². The number of hydrogen-bond donors (Lipinski definition) is 0. The summed E-state index contributed by atoms with van der Waals surface area (Å²) >= 11 is 0. The Morgan fingerprint density at radius 2 is 1.62 bits per heavy atom. The molecule has 29 heavy (non-hydrogen) atoms. The van der Waals surface area contributed by atoms with Crippen LogP contribution in [0.4, 0.5) is 0 Å². The first-order valence-electron chi connectivity index (χ1n) is 10.4. The number of nitrogens with zero attached hydrogens (tertiary/aromatic N) is 1. The Balaban J connectivity index is 1.36. The van der Waals surface area contributed by atoms with E-state index in [9.17, 15) is 9.59 Å². The Labute approximate surface area is 172 Å². The molecule has 4 heteroatoms. The van der Waals surface area contributed by atoms with E-state index >= 15 is 0 Å². The van der Waals surface area contributed by atoms with Crippen LogP contribution in [0.25, 0.3) is 11.1 Å². The van der Waals surface area contributed by atoms with E-state index in [1.165, 1.54) is 0 Å². The van der Waals surface area contributed by atoms with Crippen LogP contribution in [-0.2, 0) is 9.53 Å². The van der Waals surface area contributed by atoms with Crippen LogP contribution in [0.15, 0.2) is 54.6 Å². The molecule has 2 fully saturated rings. The molecule has 0 spiro atoms. The van der Waals surface area contributed by atoms with Gasteiger partial charge in [-0.1, -0.05) is 63.2 Å². The Hall–Kier alpha value is -2.62. The number of hydrogen-bond acceptors (Lipinski definition) is 3. The SMILES string of the molecule is CC1(C)C[C@@H]2C[C@](C)(CN2C(=O)COC(=O)c2ccc(-c3ccccc3)cc2)C1. The van der Waals surface area contributed by atoms with E-state index in [4.69, 9.17) is 4.74 Å². The molecular formula is C25H29NO3. The summed E-state index contributed by atoms with van der Waals surface area (Å²) in [6, 6.07) is 17.6. The summed E-state index contributed by atoms with van der Waals surface area (Å²) < 4.78 is 5.35. The molecule has 1 aliphatic heterocycles. The quantitative estimate of drug-likeness (QED) is 0.694. The van der Waals surface area contributed by atoms with Crippen molar-refractivity contribution in [3.63, 3.8) is 0 Å². The first-order valence-corrected chi connectivity index (χ1v) is 10.4. The lowest BCUT2D eigenvalue weighted by atomic mass is 9.65. The minimum absolute atomic E-state index is 0.0781. The summed E-state index contributed by atoms with van der Waals surface area (Å²) in [5.41, 5.74) is 3.03. The highest BCUT2D eigenvalue weighted by molar-refractivity contribution is 5.92. The fraction of sp³-hybridized carbons (Fsp3) is 0.440. The third-order valence-corrected chi connectivity index (χ3v) is 6.29. The molecule has 2 aliphatic rings. The van der Waals surface area contributed by atoms with E-state index in [-0.39, 0.29) is 29.4 Å². The second kappa shape index (κ2) is 7.33. The molecule has 1 amide bonds. The van der Waals surface area contributed by atoms with Gasteiger partial charge in [-0.25, -0.2) is 4.79 Å². The number of likely N-dealkylation sites (tertiary alicyclic amines) is 1. The fourth-order valence-electron chi connectivity index (χ4n) is 5.47. The zero-order valence-electron chi connectivity index (χ0n) is 17.5. The van der Waals surface area contributed by atoms with E-state index in [1.54, 1.807) is 12.1 Å². The van der Waals surface area contributed by atoms with Gasteiger partial charge in [-0.2, -0.15) is 0 Å². The predicted octanol–water partition coefficient (Wildman–Crippen LogP) is 4.94. The normalized spacial score (nSPS) is 24.9. The molecule has 1 saturated carbocycles. The Morgan fingerprint density at radius 3 is 2.31 bits per heavy atom. The molecule has 0 aromatic heterocycles. The predicted molar refractivity (Wildman–Crippen MR) is 113 cm³/mol. The molecule has 0 radical (unpaired) electrons. The smallest absolute Gasteiger partial charge is 0.338 e. The molecule has 0 unspecified atom stereocenters. The number of rotatable bonds is 4. The minimum atomic E-state index is -0.452. The summed E-state index contributed by atoms with van der Waals surface area (Å²) in [4.78, 5) is 27.1. The molecule has 4 nitrogen and oxygen atoms in total. The number of fused-ring (bicyclic) bond motifs is 2. The summed E-state index contributed by atoms with van der Waals surface area (Å²) in [6.07, 6.45) is 3.20. The van der Waals surface area contributed by atoms with Crippen LogP contribution in [-0.4, -0.2) is 36.0 Å². The monoisotopic (exact) mass is 391 g/mol. The topological polar surface area (TPSA) is 46.6 Å². The van der Waals surface area contributed by atoms with Gasteiger partial charge in [0, 0.05) is 12.6 Å². The van der Waals surface area contributed by atoms with Crippen molar-refractivity contribution in [1.82, 2.24) is 4.90 Å². The maximum absolute atomic E-state index is 12.8. The second-order valence-corrected chi connectivity index (χ2v) is 9.75. The molecular weight excluding hydrogens is 362 g/mol. The summed E-state index contributed by atoms with van der Waals surface area (Å²) in [5, 5.41) is 0. The Bertz CT molecular complexity index is 903. The molecule has 2 atom stereocenters. The van der Waals surface area contributed by atoms with E-state index in [0.29, 0.717) is 5.56 Å². The van der Waals surface area contributed by atoms with Crippen LogP contribution in [0.3, 0.4) is 0 Å². The fourth-order valence-corrected chi connectivity index (χ4v) is 5.47. The largest absolute Gasteiger partial charge is 0.452 e. The molecule has 1 saturated heterocycles. The van der Waals surface area contributed by atoms with Crippen LogP contribution in [0.2, 0.25) is 0 Å². The van der Waals surface area contributed by atoms with Crippen molar-refractivity contribution in [2.24, 2.45) is 10.8 Å². The number of esters is 1. The molecule has 2 aromatic carbocycles. The standard InChI is InChI=1S/C25H29NO3/c1-24(2)13-21-14-25(3,16-24)17-26(21)22(27)15-29-23(28)20-11-9-19(10-12-20)18-7-5-4-6-8-18/h4-12,21H,13-17H2,1-3H3/t21-,25+/m1/s1. The molecule has 1 aliphatic carbocycles. The third kappa shape index (κ3) is 4.21. The lowest BCUT2D eigenvalue weighted by Crippen LogP contribution is -2.39. The van der Waals surface area contributed by atoms with Gasteiger partial charge in [0.05, 0.1) is 5.56 Å². The number of amides is 1. The number of benzene rings is 2. The molecule has 1 heterocycles. The van der Waals surface area contributed by atoms with Gasteiger partial charge in [-0.15, -0.1) is 0 Å². The van der Waals surface area contributed by atoms with E-state index in [2.05, 4.69) is 20.8 Å². The van der Waals surface area contributed by atoms with Gasteiger partial charge in [0.1, 0.15) is 0 Å². The van der Waals surface area contributed by atoms with Crippen LogP contribution in [0.5, 0.6) is 0 Å². The highest BCUT2D eigenvalue weighted by Crippen LogP contribution is 2.52. The number of carbonyl (C=O) groups excluding carboxylic acids is 2. The van der Waals surface area contributed by atoms with E-state index in [0.717, 1.165) is 36.9 Å². The molecule has 0 N–H and O–H groups in total. The molecule has 2 aromatic rings. The van der Waals surface area contributed by atoms with Crippen molar-refractivity contribution in [2.75, 3.05) is 13.2 Å². The van der Waals surface area contributed by atoms with E-state index in [1.807, 2.05) is 47.4 Å². The van der Waals surface area contributed by atoms with Gasteiger partial charge in [-0.05, 0) is 53.4 Å². The van der Waals surface area contributed by atoms with Crippen molar-refractivity contribution in [3.05, 3.63) is 60.2 Å². The van der Waals surface area contributed by atoms with Gasteiger partial charge in [0.25, 0.3) is 5.91 Å². The van der Waals surface area contributed by atoms with Gasteiger partial charge >= 0.3 is 5.97 Å². The van der Waals surface area contributed by atoms with Gasteiger partial charge in [-0.3, -0.25) is 4.79 Å². The van der Waals surface area contributed by atoms with Crippen LogP contribution >= 0.6 is 0 Å². The second-order valence-electron chi connectivity index (χ2n) is 9.75. The minimum Gasteiger partial charge on any atom is -0.452 e. The maximum atomic E-state index is 12.8. The Kier molecular flexibility index (Phi) is 4.97.